The van der Waals surface area contributed by atoms with Crippen LogP contribution >= 0.6 is 0 Å². The zero-order valence-corrected chi connectivity index (χ0v) is 17.9. The first-order valence-electron chi connectivity index (χ1n) is 9.76. The highest BCUT2D eigenvalue weighted by Crippen LogP contribution is 2.28. The third kappa shape index (κ3) is 7.02. The van der Waals surface area contributed by atoms with E-state index in [1.165, 1.54) is 0 Å². The van der Waals surface area contributed by atoms with Crippen molar-refractivity contribution in [2.24, 2.45) is 0 Å². The second kappa shape index (κ2) is 8.37. The van der Waals surface area contributed by atoms with Gasteiger partial charge >= 0.3 is 12.2 Å². The summed E-state index contributed by atoms with van der Waals surface area (Å²) < 4.78 is 10.9. The average Bonchev–Trinajstić information content (AvgIpc) is 2.52. The lowest BCUT2D eigenvalue weighted by Crippen LogP contribution is -2.58. The number of ether oxygens (including phenoxy) is 2. The molecule has 2 rings (SSSR count). The predicted molar refractivity (Wildman–Crippen MR) is 107 cm³/mol. The number of amides is 2. The number of aromatic nitrogens is 1. The third-order valence-electron chi connectivity index (χ3n) is 4.40. The van der Waals surface area contributed by atoms with Crippen LogP contribution in [0.5, 0.6) is 0 Å². The molecule has 1 fully saturated rings. The predicted octanol–water partition coefficient (Wildman–Crippen LogP) is 3.92. The first-order chi connectivity index (χ1) is 12.9. The molecule has 7 heteroatoms. The summed E-state index contributed by atoms with van der Waals surface area (Å²) in [6.07, 6.45) is 4.62. The van der Waals surface area contributed by atoms with E-state index in [0.29, 0.717) is 32.4 Å². The van der Waals surface area contributed by atoms with E-state index in [9.17, 15) is 9.59 Å². The van der Waals surface area contributed by atoms with Gasteiger partial charge in [0.1, 0.15) is 11.2 Å². The van der Waals surface area contributed by atoms with Gasteiger partial charge in [0, 0.05) is 25.5 Å². The Bertz CT molecular complexity index is 669. The van der Waals surface area contributed by atoms with Crippen molar-refractivity contribution in [3.05, 3.63) is 30.1 Å². The zero-order chi connectivity index (χ0) is 21.0. The van der Waals surface area contributed by atoms with Crippen LogP contribution in [0.2, 0.25) is 0 Å². The molecule has 7 nitrogen and oxygen atoms in total. The second-order valence-electron chi connectivity index (χ2n) is 9.41. The van der Waals surface area contributed by atoms with E-state index in [1.807, 2.05) is 53.7 Å². The molecule has 2 amide bonds. The normalized spacial score (nSPS) is 17.0. The number of hydrogen-bond acceptors (Lipinski definition) is 5. The minimum absolute atomic E-state index is 0.320. The number of carbonyl (C=O) groups excluding carboxylic acids is 2. The van der Waals surface area contributed by atoms with Crippen LogP contribution in [-0.4, -0.2) is 51.9 Å². The van der Waals surface area contributed by atoms with Gasteiger partial charge in [-0.15, -0.1) is 0 Å². The summed E-state index contributed by atoms with van der Waals surface area (Å²) >= 11 is 0. The number of piperidine rings is 1. The molecule has 0 atom stereocenters. The van der Waals surface area contributed by atoms with Gasteiger partial charge in [-0.05, 0) is 72.4 Å². The number of nitrogens with one attached hydrogen (secondary N) is 1. The van der Waals surface area contributed by atoms with E-state index < -0.39 is 22.8 Å². The van der Waals surface area contributed by atoms with Gasteiger partial charge in [-0.2, -0.15) is 0 Å². The van der Waals surface area contributed by atoms with Gasteiger partial charge in [-0.3, -0.25) is 4.98 Å². The van der Waals surface area contributed by atoms with E-state index >= 15 is 0 Å². The van der Waals surface area contributed by atoms with Gasteiger partial charge in [-0.25, -0.2) is 9.59 Å². The summed E-state index contributed by atoms with van der Waals surface area (Å²) in [6.45, 7) is 12.1. The number of nitrogens with zero attached hydrogens (tertiary/aromatic N) is 2. The van der Waals surface area contributed by atoms with Crippen molar-refractivity contribution in [2.75, 3.05) is 13.1 Å². The maximum atomic E-state index is 12.5. The lowest BCUT2D eigenvalue weighted by atomic mass is 9.82. The topological polar surface area (TPSA) is 80.8 Å². The van der Waals surface area contributed by atoms with Gasteiger partial charge < -0.3 is 19.7 Å². The second-order valence-corrected chi connectivity index (χ2v) is 9.41. The molecule has 0 aliphatic carbocycles. The Morgan fingerprint density at radius 2 is 1.71 bits per heavy atom. The SMILES string of the molecule is CC(C)(C)OC(=O)NC1(Cc2cccnc2)CCN(C(=O)OC(C)(C)C)CC1. The fourth-order valence-corrected chi connectivity index (χ4v) is 3.20. The molecule has 0 spiro atoms. The highest BCUT2D eigenvalue weighted by atomic mass is 16.6. The van der Waals surface area contributed by atoms with Crippen molar-refractivity contribution >= 4 is 12.2 Å². The quantitative estimate of drug-likeness (QED) is 0.845. The molecular formula is C21H33N3O4. The van der Waals surface area contributed by atoms with E-state index in [1.54, 1.807) is 17.3 Å². The van der Waals surface area contributed by atoms with Crippen LogP contribution in [0.3, 0.4) is 0 Å². The Morgan fingerprint density at radius 3 is 2.21 bits per heavy atom. The minimum atomic E-state index is -0.573. The van der Waals surface area contributed by atoms with Gasteiger partial charge in [0.15, 0.2) is 0 Å². The summed E-state index contributed by atoms with van der Waals surface area (Å²) in [4.78, 5) is 30.7. The summed E-state index contributed by atoms with van der Waals surface area (Å²) in [6, 6.07) is 3.87. The highest BCUT2D eigenvalue weighted by Gasteiger charge is 2.39. The fraction of sp³-hybridized carbons (Fsp3) is 0.667. The monoisotopic (exact) mass is 391 g/mol. The number of rotatable bonds is 3. The maximum absolute atomic E-state index is 12.5. The molecule has 28 heavy (non-hydrogen) atoms. The number of likely N-dealkylation sites (tertiary alicyclic amines) is 1. The fourth-order valence-electron chi connectivity index (χ4n) is 3.20. The van der Waals surface area contributed by atoms with Crippen LogP contribution < -0.4 is 5.32 Å². The molecule has 156 valence electrons. The summed E-state index contributed by atoms with van der Waals surface area (Å²) in [7, 11) is 0. The molecule has 1 aromatic heterocycles. The molecule has 1 N–H and O–H groups in total. The molecule has 0 radical (unpaired) electrons. The molecule has 1 aliphatic heterocycles. The van der Waals surface area contributed by atoms with Gasteiger partial charge in [0.2, 0.25) is 0 Å². The average molecular weight is 392 g/mol. The van der Waals surface area contributed by atoms with Crippen LogP contribution in [0.4, 0.5) is 9.59 Å². The number of hydrogen-bond donors (Lipinski definition) is 1. The van der Waals surface area contributed by atoms with E-state index in [-0.39, 0.29) is 6.09 Å². The van der Waals surface area contributed by atoms with Gasteiger partial charge in [0.05, 0.1) is 5.54 Å². The van der Waals surface area contributed by atoms with Crippen LogP contribution in [0.15, 0.2) is 24.5 Å². The molecule has 0 saturated carbocycles. The molecule has 0 aromatic carbocycles. The van der Waals surface area contributed by atoms with Crippen molar-refractivity contribution in [1.82, 2.24) is 15.2 Å². The van der Waals surface area contributed by atoms with Gasteiger partial charge in [-0.1, -0.05) is 6.07 Å². The number of carbonyl (C=O) groups is 2. The van der Waals surface area contributed by atoms with Crippen molar-refractivity contribution in [3.8, 4) is 0 Å². The minimum Gasteiger partial charge on any atom is -0.444 e. The third-order valence-corrected chi connectivity index (χ3v) is 4.40. The Balaban J connectivity index is 2.10. The molecular weight excluding hydrogens is 358 g/mol. The smallest absolute Gasteiger partial charge is 0.410 e. The van der Waals surface area contributed by atoms with Crippen molar-refractivity contribution in [2.45, 2.75) is 77.5 Å². The van der Waals surface area contributed by atoms with Crippen LogP contribution in [-0.2, 0) is 15.9 Å². The Morgan fingerprint density at radius 1 is 1.11 bits per heavy atom. The number of pyridine rings is 1. The largest absolute Gasteiger partial charge is 0.444 e. The molecule has 0 bridgehead atoms. The first-order valence-corrected chi connectivity index (χ1v) is 9.76. The van der Waals surface area contributed by atoms with E-state index in [0.717, 1.165) is 5.56 Å². The van der Waals surface area contributed by atoms with Crippen LogP contribution in [0, 0.1) is 0 Å². The van der Waals surface area contributed by atoms with E-state index in [2.05, 4.69) is 10.3 Å². The summed E-state index contributed by atoms with van der Waals surface area (Å²) in [5.74, 6) is 0. The summed E-state index contributed by atoms with van der Waals surface area (Å²) in [5.41, 5.74) is -0.569. The van der Waals surface area contributed by atoms with Crippen molar-refractivity contribution in [1.29, 1.82) is 0 Å². The molecule has 1 aromatic rings. The van der Waals surface area contributed by atoms with E-state index in [4.69, 9.17) is 9.47 Å². The Kier molecular flexibility index (Phi) is 6.57. The van der Waals surface area contributed by atoms with Crippen LogP contribution in [0.25, 0.3) is 0 Å². The summed E-state index contributed by atoms with van der Waals surface area (Å²) in [5, 5.41) is 3.08. The Labute approximate surface area is 167 Å². The Hall–Kier alpha value is -2.31. The first kappa shape index (κ1) is 22.0. The zero-order valence-electron chi connectivity index (χ0n) is 17.9. The molecule has 1 saturated heterocycles. The highest BCUT2D eigenvalue weighted by molar-refractivity contribution is 5.70. The standard InChI is InChI=1S/C21H33N3O4/c1-19(2,3)27-17(25)23-21(14-16-8-7-11-22-15-16)9-12-24(13-10-21)18(26)28-20(4,5)6/h7-8,11,15H,9-10,12-14H2,1-6H3,(H,23,25). The van der Waals surface area contributed by atoms with Crippen molar-refractivity contribution in [3.63, 3.8) is 0 Å². The van der Waals surface area contributed by atoms with Crippen LogP contribution in [0.1, 0.15) is 59.9 Å². The number of alkyl carbamates (subject to hydrolysis) is 1. The van der Waals surface area contributed by atoms with Crippen molar-refractivity contribution < 1.29 is 19.1 Å². The molecule has 1 aliphatic rings. The molecule has 2 heterocycles. The molecule has 0 unspecified atom stereocenters. The van der Waals surface area contributed by atoms with Gasteiger partial charge in [0.25, 0.3) is 0 Å². The maximum Gasteiger partial charge on any atom is 0.410 e. The lowest BCUT2D eigenvalue weighted by Gasteiger charge is -2.42. The lowest BCUT2D eigenvalue weighted by molar-refractivity contribution is 0.0120.